The van der Waals surface area contributed by atoms with Gasteiger partial charge in [0.2, 0.25) is 6.29 Å². The standard InChI is InChI=1S/C18H26O11/c1-25-15(23)8-4-3-7-9(16(24)26-2)6-27-17(11(7)8)29-18-14(22)13(21)12(20)10(5-19)28-18/h6-8,10-14,17-22H,3-5H2,1-2H3/t7-,8+,10-,11+,12-,13+,14-,17+,18+/m1/s1. The number of esters is 2. The summed E-state index contributed by atoms with van der Waals surface area (Å²) in [5.74, 6) is -2.75. The van der Waals surface area contributed by atoms with Crippen molar-refractivity contribution in [3.8, 4) is 0 Å². The number of hydrogen-bond donors (Lipinski definition) is 4. The summed E-state index contributed by atoms with van der Waals surface area (Å²) >= 11 is 0. The van der Waals surface area contributed by atoms with E-state index in [-0.39, 0.29) is 5.57 Å². The molecule has 11 nitrogen and oxygen atoms in total. The van der Waals surface area contributed by atoms with Crippen molar-refractivity contribution >= 4 is 11.9 Å². The Kier molecular flexibility index (Phi) is 6.76. The molecule has 0 aromatic rings. The van der Waals surface area contributed by atoms with Crippen molar-refractivity contribution in [2.75, 3.05) is 20.8 Å². The molecular weight excluding hydrogens is 392 g/mol. The van der Waals surface area contributed by atoms with E-state index < -0.39 is 73.3 Å². The molecule has 2 aliphatic heterocycles. The van der Waals surface area contributed by atoms with Gasteiger partial charge in [-0.2, -0.15) is 0 Å². The Hall–Kier alpha value is -1.76. The van der Waals surface area contributed by atoms with E-state index in [1.807, 2.05) is 0 Å². The zero-order valence-electron chi connectivity index (χ0n) is 16.0. The lowest BCUT2D eigenvalue weighted by Crippen LogP contribution is -2.60. The molecule has 1 aliphatic carbocycles. The van der Waals surface area contributed by atoms with E-state index in [1.165, 1.54) is 20.5 Å². The topological polar surface area (TPSA) is 161 Å². The molecule has 0 aromatic heterocycles. The van der Waals surface area contributed by atoms with Crippen molar-refractivity contribution in [1.82, 2.24) is 0 Å². The first-order valence-electron chi connectivity index (χ1n) is 9.31. The number of fused-ring (bicyclic) bond motifs is 1. The van der Waals surface area contributed by atoms with Gasteiger partial charge in [0.1, 0.15) is 24.4 Å². The van der Waals surface area contributed by atoms with E-state index in [4.69, 9.17) is 23.7 Å². The van der Waals surface area contributed by atoms with Crippen molar-refractivity contribution in [2.24, 2.45) is 17.8 Å². The van der Waals surface area contributed by atoms with Gasteiger partial charge in [0.15, 0.2) is 6.29 Å². The van der Waals surface area contributed by atoms with Crippen LogP contribution >= 0.6 is 0 Å². The molecule has 0 spiro atoms. The van der Waals surface area contributed by atoms with Crippen molar-refractivity contribution in [2.45, 2.75) is 49.8 Å². The van der Waals surface area contributed by atoms with Crippen molar-refractivity contribution in [1.29, 1.82) is 0 Å². The highest BCUT2D eigenvalue weighted by molar-refractivity contribution is 5.89. The number of aliphatic hydroxyl groups is 4. The highest BCUT2D eigenvalue weighted by Crippen LogP contribution is 2.48. The van der Waals surface area contributed by atoms with E-state index in [0.717, 1.165) is 0 Å². The molecule has 4 N–H and O–H groups in total. The Balaban J connectivity index is 1.84. The Bertz CT molecular complexity index is 648. The second kappa shape index (κ2) is 8.94. The van der Waals surface area contributed by atoms with Gasteiger partial charge >= 0.3 is 11.9 Å². The number of aliphatic hydroxyl groups excluding tert-OH is 4. The van der Waals surface area contributed by atoms with E-state index in [9.17, 15) is 30.0 Å². The van der Waals surface area contributed by atoms with Gasteiger partial charge in [0, 0.05) is 11.8 Å². The normalized spacial score (nSPS) is 41.7. The van der Waals surface area contributed by atoms with Crippen LogP contribution < -0.4 is 0 Å². The maximum absolute atomic E-state index is 12.3. The van der Waals surface area contributed by atoms with Crippen LogP contribution in [0, 0.1) is 17.8 Å². The summed E-state index contributed by atoms with van der Waals surface area (Å²) in [5.41, 5.74) is 0.262. The molecule has 1 saturated carbocycles. The number of rotatable bonds is 5. The third kappa shape index (κ3) is 3.98. The molecule has 2 fully saturated rings. The van der Waals surface area contributed by atoms with Gasteiger partial charge in [-0.25, -0.2) is 4.79 Å². The van der Waals surface area contributed by atoms with Gasteiger partial charge in [-0.3, -0.25) is 4.79 Å². The molecule has 2 heterocycles. The molecule has 0 amide bonds. The first-order valence-corrected chi connectivity index (χ1v) is 9.31. The molecule has 0 aromatic carbocycles. The number of carbonyl (C=O) groups is 2. The van der Waals surface area contributed by atoms with Crippen LogP contribution in [-0.4, -0.2) is 90.2 Å². The minimum atomic E-state index is -1.63. The summed E-state index contributed by atoms with van der Waals surface area (Å²) in [6.45, 7) is -0.612. The molecular formula is C18H26O11. The molecule has 1 saturated heterocycles. The lowest BCUT2D eigenvalue weighted by atomic mass is 9.82. The van der Waals surface area contributed by atoms with Gasteiger partial charge < -0.3 is 44.1 Å². The van der Waals surface area contributed by atoms with E-state index in [2.05, 4.69) is 0 Å². The lowest BCUT2D eigenvalue weighted by molar-refractivity contribution is -0.342. The molecule has 0 unspecified atom stereocenters. The SMILES string of the molecule is COC(=O)C1=CO[C@@H](O[C@@H]2O[C@H](CO)[C@@H](O)[C@H](O)[C@H]2O)[C@@H]2[C@@H](C(=O)OC)CC[C@H]12. The summed E-state index contributed by atoms with van der Waals surface area (Å²) < 4.78 is 26.3. The van der Waals surface area contributed by atoms with Crippen LogP contribution in [0.3, 0.4) is 0 Å². The predicted octanol–water partition coefficient (Wildman–Crippen LogP) is -1.97. The highest BCUT2D eigenvalue weighted by atomic mass is 16.8. The minimum Gasteiger partial charge on any atom is -0.472 e. The van der Waals surface area contributed by atoms with Crippen molar-refractivity contribution in [3.05, 3.63) is 11.8 Å². The lowest BCUT2D eigenvalue weighted by Gasteiger charge is -2.43. The second-order valence-electron chi connectivity index (χ2n) is 7.29. The zero-order chi connectivity index (χ0) is 21.3. The summed E-state index contributed by atoms with van der Waals surface area (Å²) in [6.07, 6.45) is -6.37. The summed E-state index contributed by atoms with van der Waals surface area (Å²) in [5, 5.41) is 39.4. The summed E-state index contributed by atoms with van der Waals surface area (Å²) in [4.78, 5) is 24.3. The smallest absolute Gasteiger partial charge is 0.337 e. The monoisotopic (exact) mass is 418 g/mol. The quantitative estimate of drug-likeness (QED) is 0.367. The third-order valence-electron chi connectivity index (χ3n) is 5.80. The Morgan fingerprint density at radius 1 is 1.07 bits per heavy atom. The molecule has 29 heavy (non-hydrogen) atoms. The minimum absolute atomic E-state index is 0.262. The van der Waals surface area contributed by atoms with Crippen LogP contribution in [0.1, 0.15) is 12.8 Å². The molecule has 3 rings (SSSR count). The van der Waals surface area contributed by atoms with Crippen LogP contribution in [0.25, 0.3) is 0 Å². The van der Waals surface area contributed by atoms with Crippen LogP contribution in [-0.2, 0) is 33.3 Å². The average molecular weight is 418 g/mol. The van der Waals surface area contributed by atoms with Gasteiger partial charge in [0.05, 0.1) is 38.6 Å². The summed E-state index contributed by atoms with van der Waals surface area (Å²) in [7, 11) is 2.49. The zero-order valence-corrected chi connectivity index (χ0v) is 16.0. The molecule has 9 atom stereocenters. The maximum atomic E-state index is 12.3. The van der Waals surface area contributed by atoms with Crippen LogP contribution in [0.2, 0.25) is 0 Å². The third-order valence-corrected chi connectivity index (χ3v) is 5.80. The van der Waals surface area contributed by atoms with Gasteiger partial charge in [-0.1, -0.05) is 0 Å². The Morgan fingerprint density at radius 2 is 1.79 bits per heavy atom. The average Bonchev–Trinajstić information content (AvgIpc) is 3.18. The predicted molar refractivity (Wildman–Crippen MR) is 91.5 cm³/mol. The Morgan fingerprint density at radius 3 is 2.41 bits per heavy atom. The first kappa shape index (κ1) is 21.9. The van der Waals surface area contributed by atoms with Crippen LogP contribution in [0.5, 0.6) is 0 Å². The molecule has 0 bridgehead atoms. The van der Waals surface area contributed by atoms with Gasteiger partial charge in [0.25, 0.3) is 0 Å². The molecule has 0 radical (unpaired) electrons. The fourth-order valence-electron chi connectivity index (χ4n) is 4.26. The van der Waals surface area contributed by atoms with Crippen molar-refractivity contribution < 1.29 is 53.7 Å². The van der Waals surface area contributed by atoms with Gasteiger partial charge in [-0.15, -0.1) is 0 Å². The first-order chi connectivity index (χ1) is 13.8. The maximum Gasteiger partial charge on any atom is 0.337 e. The van der Waals surface area contributed by atoms with E-state index in [0.29, 0.717) is 12.8 Å². The second-order valence-corrected chi connectivity index (χ2v) is 7.29. The Labute approximate surface area is 166 Å². The number of methoxy groups -OCH3 is 2. The fourth-order valence-corrected chi connectivity index (χ4v) is 4.26. The summed E-state index contributed by atoms with van der Waals surface area (Å²) in [6, 6.07) is 0. The van der Waals surface area contributed by atoms with Crippen LogP contribution in [0.15, 0.2) is 11.8 Å². The fraction of sp³-hybridized carbons (Fsp3) is 0.778. The van der Waals surface area contributed by atoms with E-state index in [1.54, 1.807) is 0 Å². The molecule has 11 heteroatoms. The number of carbonyl (C=O) groups excluding carboxylic acids is 2. The van der Waals surface area contributed by atoms with Crippen LogP contribution in [0.4, 0.5) is 0 Å². The molecule has 3 aliphatic rings. The number of ether oxygens (including phenoxy) is 5. The highest BCUT2D eigenvalue weighted by Gasteiger charge is 2.54. The van der Waals surface area contributed by atoms with Gasteiger partial charge in [-0.05, 0) is 12.8 Å². The molecule has 164 valence electrons. The van der Waals surface area contributed by atoms with Crippen molar-refractivity contribution in [3.63, 3.8) is 0 Å². The number of hydrogen-bond acceptors (Lipinski definition) is 11. The van der Waals surface area contributed by atoms with E-state index >= 15 is 0 Å². The largest absolute Gasteiger partial charge is 0.472 e.